The lowest BCUT2D eigenvalue weighted by molar-refractivity contribution is 0.208. The number of nitrogens with zero attached hydrogens (tertiary/aromatic N) is 2. The Kier molecular flexibility index (Phi) is 5.60. The van der Waals surface area contributed by atoms with E-state index in [1.807, 2.05) is 0 Å². The number of hydrogen-bond acceptors (Lipinski definition) is 5. The van der Waals surface area contributed by atoms with E-state index in [4.69, 9.17) is 9.84 Å². The van der Waals surface area contributed by atoms with Crippen molar-refractivity contribution in [1.82, 2.24) is 15.3 Å². The summed E-state index contributed by atoms with van der Waals surface area (Å²) >= 11 is 0. The summed E-state index contributed by atoms with van der Waals surface area (Å²) < 4.78 is 5.67. The van der Waals surface area contributed by atoms with Crippen molar-refractivity contribution in [3.63, 3.8) is 0 Å². The molecule has 2 rings (SSSR count). The van der Waals surface area contributed by atoms with Gasteiger partial charge in [0.25, 0.3) is 0 Å². The predicted molar refractivity (Wildman–Crippen MR) is 71.7 cm³/mol. The van der Waals surface area contributed by atoms with Gasteiger partial charge in [0, 0.05) is 6.42 Å². The van der Waals surface area contributed by atoms with E-state index in [2.05, 4.69) is 27.1 Å². The van der Waals surface area contributed by atoms with Crippen LogP contribution in [0.3, 0.4) is 0 Å². The molecule has 0 saturated carbocycles. The first kappa shape index (κ1) is 13.8. The zero-order valence-electron chi connectivity index (χ0n) is 10.9. The van der Waals surface area contributed by atoms with Crippen LogP contribution >= 0.6 is 0 Å². The molecule has 0 aromatic carbocycles. The first-order valence-corrected chi connectivity index (χ1v) is 6.64. The van der Waals surface area contributed by atoms with E-state index in [1.54, 1.807) is 12.4 Å². The van der Waals surface area contributed by atoms with Crippen LogP contribution in [0.4, 0.5) is 0 Å². The standard InChI is InChI=1S/C14H19N3O2/c18-8-2-1-3-13-9-16-10-14(17-13)19-11-12-4-6-15-7-5-12/h9-10,12,15,18H,2,4-8,11H2. The third-order valence-corrected chi connectivity index (χ3v) is 2.99. The Morgan fingerprint density at radius 3 is 3.00 bits per heavy atom. The SMILES string of the molecule is OCCC#Cc1cncc(OCC2CCNCC2)n1. The fraction of sp³-hybridized carbons (Fsp3) is 0.571. The molecule has 2 N–H and O–H groups in total. The highest BCUT2D eigenvalue weighted by Crippen LogP contribution is 2.13. The largest absolute Gasteiger partial charge is 0.476 e. The zero-order chi connectivity index (χ0) is 13.3. The highest BCUT2D eigenvalue weighted by atomic mass is 16.5. The first-order valence-electron chi connectivity index (χ1n) is 6.64. The molecule has 0 radical (unpaired) electrons. The lowest BCUT2D eigenvalue weighted by Crippen LogP contribution is -2.30. The Hall–Kier alpha value is -1.64. The van der Waals surface area contributed by atoms with E-state index in [-0.39, 0.29) is 6.61 Å². The summed E-state index contributed by atoms with van der Waals surface area (Å²) in [6.07, 6.45) is 5.94. The third kappa shape index (κ3) is 4.86. The van der Waals surface area contributed by atoms with Gasteiger partial charge in [-0.3, -0.25) is 4.98 Å². The number of aliphatic hydroxyl groups is 1. The highest BCUT2D eigenvalue weighted by Gasteiger charge is 2.13. The average molecular weight is 261 g/mol. The van der Waals surface area contributed by atoms with Crippen LogP contribution in [0.2, 0.25) is 0 Å². The smallest absolute Gasteiger partial charge is 0.233 e. The Morgan fingerprint density at radius 1 is 1.37 bits per heavy atom. The molecule has 1 aliphatic heterocycles. The van der Waals surface area contributed by atoms with Crippen LogP contribution < -0.4 is 10.1 Å². The number of ether oxygens (including phenoxy) is 1. The van der Waals surface area contributed by atoms with Crippen molar-refractivity contribution in [1.29, 1.82) is 0 Å². The second-order valence-electron chi connectivity index (χ2n) is 4.52. The highest BCUT2D eigenvalue weighted by molar-refractivity contribution is 5.26. The molecule has 1 fully saturated rings. The van der Waals surface area contributed by atoms with Crippen molar-refractivity contribution < 1.29 is 9.84 Å². The van der Waals surface area contributed by atoms with Crippen LogP contribution in [0, 0.1) is 17.8 Å². The van der Waals surface area contributed by atoms with Crippen molar-refractivity contribution in [2.24, 2.45) is 5.92 Å². The minimum Gasteiger partial charge on any atom is -0.476 e. The van der Waals surface area contributed by atoms with E-state index in [9.17, 15) is 0 Å². The molecule has 0 amide bonds. The average Bonchev–Trinajstić information content (AvgIpc) is 2.47. The maximum atomic E-state index is 8.66. The van der Waals surface area contributed by atoms with Gasteiger partial charge >= 0.3 is 0 Å². The van der Waals surface area contributed by atoms with Gasteiger partial charge in [-0.25, -0.2) is 4.98 Å². The fourth-order valence-electron chi connectivity index (χ4n) is 1.94. The summed E-state index contributed by atoms with van der Waals surface area (Å²) in [7, 11) is 0. The lowest BCUT2D eigenvalue weighted by atomic mass is 9.99. The molecule has 1 aromatic rings. The molecular formula is C14H19N3O2. The number of rotatable bonds is 4. The van der Waals surface area contributed by atoms with E-state index in [1.165, 1.54) is 0 Å². The van der Waals surface area contributed by atoms with Gasteiger partial charge in [-0.2, -0.15) is 0 Å². The van der Waals surface area contributed by atoms with E-state index in [0.717, 1.165) is 25.9 Å². The fourth-order valence-corrected chi connectivity index (χ4v) is 1.94. The van der Waals surface area contributed by atoms with Gasteiger partial charge in [-0.1, -0.05) is 5.92 Å². The molecule has 5 heteroatoms. The molecule has 0 aliphatic carbocycles. The number of aromatic nitrogens is 2. The van der Waals surface area contributed by atoms with Crippen LogP contribution in [0.15, 0.2) is 12.4 Å². The topological polar surface area (TPSA) is 67.3 Å². The zero-order valence-corrected chi connectivity index (χ0v) is 10.9. The Labute approximate surface area is 113 Å². The normalized spacial score (nSPS) is 15.6. The summed E-state index contributed by atoms with van der Waals surface area (Å²) in [6, 6.07) is 0. The molecule has 0 bridgehead atoms. The number of hydrogen-bond donors (Lipinski definition) is 2. The molecule has 1 saturated heterocycles. The van der Waals surface area contributed by atoms with Crippen LogP contribution in [-0.4, -0.2) is 41.4 Å². The Morgan fingerprint density at radius 2 is 2.21 bits per heavy atom. The van der Waals surface area contributed by atoms with Crippen molar-refractivity contribution in [3.8, 4) is 17.7 Å². The van der Waals surface area contributed by atoms with Crippen LogP contribution in [0.1, 0.15) is 25.0 Å². The molecular weight excluding hydrogens is 242 g/mol. The lowest BCUT2D eigenvalue weighted by Gasteiger charge is -2.22. The van der Waals surface area contributed by atoms with Gasteiger partial charge in [0.05, 0.1) is 25.6 Å². The summed E-state index contributed by atoms with van der Waals surface area (Å²) in [6.45, 7) is 2.87. The van der Waals surface area contributed by atoms with Gasteiger partial charge < -0.3 is 15.2 Å². The van der Waals surface area contributed by atoms with Gasteiger partial charge in [-0.05, 0) is 37.8 Å². The van der Waals surface area contributed by atoms with E-state index < -0.39 is 0 Å². The Balaban J connectivity index is 1.86. The van der Waals surface area contributed by atoms with Crippen LogP contribution in [-0.2, 0) is 0 Å². The predicted octanol–water partition coefficient (Wildman–Crippen LogP) is 0.589. The molecule has 1 aromatic heterocycles. The summed E-state index contributed by atoms with van der Waals surface area (Å²) in [5.41, 5.74) is 0.580. The Bertz CT molecular complexity index is 447. The molecule has 0 unspecified atom stereocenters. The van der Waals surface area contributed by atoms with Gasteiger partial charge in [0.15, 0.2) is 0 Å². The molecule has 102 valence electrons. The maximum absolute atomic E-state index is 8.66. The number of nitrogens with one attached hydrogen (secondary N) is 1. The summed E-state index contributed by atoms with van der Waals surface area (Å²) in [5.74, 6) is 6.78. The molecule has 19 heavy (non-hydrogen) atoms. The number of aliphatic hydroxyl groups excluding tert-OH is 1. The molecule has 1 aliphatic rings. The molecule has 2 heterocycles. The van der Waals surface area contributed by atoms with Crippen LogP contribution in [0.25, 0.3) is 0 Å². The first-order chi connectivity index (χ1) is 9.38. The summed E-state index contributed by atoms with van der Waals surface area (Å²) in [4.78, 5) is 8.34. The van der Waals surface area contributed by atoms with Crippen molar-refractivity contribution in [2.75, 3.05) is 26.3 Å². The van der Waals surface area contributed by atoms with Crippen LogP contribution in [0.5, 0.6) is 5.88 Å². The molecule has 5 nitrogen and oxygen atoms in total. The van der Waals surface area contributed by atoms with E-state index in [0.29, 0.717) is 30.5 Å². The van der Waals surface area contributed by atoms with Crippen molar-refractivity contribution in [3.05, 3.63) is 18.1 Å². The van der Waals surface area contributed by atoms with Gasteiger partial charge in [0.1, 0.15) is 5.69 Å². The minimum absolute atomic E-state index is 0.0618. The minimum atomic E-state index is 0.0618. The molecule has 0 atom stereocenters. The maximum Gasteiger partial charge on any atom is 0.233 e. The molecule has 0 spiro atoms. The van der Waals surface area contributed by atoms with Crippen molar-refractivity contribution >= 4 is 0 Å². The van der Waals surface area contributed by atoms with Crippen molar-refractivity contribution in [2.45, 2.75) is 19.3 Å². The monoisotopic (exact) mass is 261 g/mol. The van der Waals surface area contributed by atoms with E-state index >= 15 is 0 Å². The van der Waals surface area contributed by atoms with Gasteiger partial charge in [-0.15, -0.1) is 0 Å². The quantitative estimate of drug-likeness (QED) is 0.776. The number of piperidine rings is 1. The third-order valence-electron chi connectivity index (χ3n) is 2.99. The second-order valence-corrected chi connectivity index (χ2v) is 4.52. The second kappa shape index (κ2) is 7.72. The van der Waals surface area contributed by atoms with Gasteiger partial charge in [0.2, 0.25) is 5.88 Å². The summed E-state index contributed by atoms with van der Waals surface area (Å²) in [5, 5.41) is 12.0.